The van der Waals surface area contributed by atoms with Gasteiger partial charge in [0, 0.05) is 56.8 Å². The Morgan fingerprint density at radius 3 is 2.36 bits per heavy atom. The Morgan fingerprint density at radius 2 is 1.60 bits per heavy atom. The number of nitrogens with zero attached hydrogens (tertiary/aromatic N) is 8. The summed E-state index contributed by atoms with van der Waals surface area (Å²) in [6.45, 7) is 6.10. The highest BCUT2D eigenvalue weighted by Gasteiger charge is 2.41. The van der Waals surface area contributed by atoms with Crippen LogP contribution in [0.25, 0.3) is 11.2 Å². The van der Waals surface area contributed by atoms with Crippen LogP contribution in [0.1, 0.15) is 5.69 Å². The minimum Gasteiger partial charge on any atom is -0.356 e. The first-order valence-electron chi connectivity index (χ1n) is 8.59. The van der Waals surface area contributed by atoms with Gasteiger partial charge in [0.25, 0.3) is 0 Å². The van der Waals surface area contributed by atoms with Crippen molar-refractivity contribution in [2.45, 2.75) is 6.92 Å². The molecule has 5 heterocycles. The molecule has 0 amide bonds. The monoisotopic (exact) mass is 336 g/mol. The predicted molar refractivity (Wildman–Crippen MR) is 94.5 cm³/mol. The molecule has 3 aromatic rings. The number of fused-ring (bicyclic) bond motifs is 2. The molecule has 8 heteroatoms. The minimum absolute atomic E-state index is 0.629. The number of aromatic nitrogens is 6. The fraction of sp³-hybridized carbons (Fsp3) is 0.471. The molecule has 5 rings (SSSR count). The van der Waals surface area contributed by atoms with E-state index in [0.717, 1.165) is 54.7 Å². The predicted octanol–water partition coefficient (Wildman–Crippen LogP) is 1.03. The van der Waals surface area contributed by atoms with Gasteiger partial charge in [0.05, 0.1) is 6.33 Å². The lowest BCUT2D eigenvalue weighted by Crippen LogP contribution is -2.29. The Balaban J connectivity index is 1.37. The lowest BCUT2D eigenvalue weighted by molar-refractivity contribution is 0.533. The SMILES string of the molecule is Cc1cc(N2CC3CN(c4ncnc5c4ncn5C)CC3C2)ncn1. The number of rotatable bonds is 2. The largest absolute Gasteiger partial charge is 0.356 e. The number of hydrogen-bond donors (Lipinski definition) is 0. The summed E-state index contributed by atoms with van der Waals surface area (Å²) in [4.78, 5) is 26.8. The van der Waals surface area contributed by atoms with Crippen LogP contribution in [0.4, 0.5) is 11.6 Å². The third kappa shape index (κ3) is 2.32. The Kier molecular flexibility index (Phi) is 3.13. The van der Waals surface area contributed by atoms with Crippen LogP contribution in [0.3, 0.4) is 0 Å². The molecule has 3 aromatic heterocycles. The van der Waals surface area contributed by atoms with Crippen molar-refractivity contribution in [2.24, 2.45) is 18.9 Å². The lowest BCUT2D eigenvalue weighted by atomic mass is 10.0. The molecule has 0 aromatic carbocycles. The molecule has 2 fully saturated rings. The molecule has 2 atom stereocenters. The molecule has 25 heavy (non-hydrogen) atoms. The highest BCUT2D eigenvalue weighted by Crippen LogP contribution is 2.36. The van der Waals surface area contributed by atoms with Crippen LogP contribution in [0.15, 0.2) is 25.0 Å². The van der Waals surface area contributed by atoms with Crippen molar-refractivity contribution in [3.05, 3.63) is 30.7 Å². The van der Waals surface area contributed by atoms with E-state index in [1.165, 1.54) is 0 Å². The molecule has 2 aliphatic rings. The Morgan fingerprint density at radius 1 is 0.880 bits per heavy atom. The fourth-order valence-corrected chi connectivity index (χ4v) is 4.13. The van der Waals surface area contributed by atoms with E-state index in [1.807, 2.05) is 18.5 Å². The van der Waals surface area contributed by atoms with Gasteiger partial charge in [-0.15, -0.1) is 0 Å². The third-order valence-corrected chi connectivity index (χ3v) is 5.38. The van der Waals surface area contributed by atoms with Gasteiger partial charge in [0.15, 0.2) is 17.0 Å². The Bertz CT molecular complexity index is 921. The van der Waals surface area contributed by atoms with E-state index in [4.69, 9.17) is 0 Å². The van der Waals surface area contributed by atoms with Crippen molar-refractivity contribution in [1.82, 2.24) is 29.5 Å². The van der Waals surface area contributed by atoms with Crippen LogP contribution in [-0.2, 0) is 7.05 Å². The molecular weight excluding hydrogens is 316 g/mol. The molecule has 0 radical (unpaired) electrons. The molecule has 2 unspecified atom stereocenters. The first-order chi connectivity index (χ1) is 12.2. The maximum atomic E-state index is 4.52. The van der Waals surface area contributed by atoms with E-state index < -0.39 is 0 Å². The van der Waals surface area contributed by atoms with Gasteiger partial charge in [-0.3, -0.25) is 0 Å². The van der Waals surface area contributed by atoms with E-state index >= 15 is 0 Å². The van der Waals surface area contributed by atoms with Gasteiger partial charge in [-0.1, -0.05) is 0 Å². The van der Waals surface area contributed by atoms with Crippen molar-refractivity contribution in [2.75, 3.05) is 36.0 Å². The molecule has 0 spiro atoms. The van der Waals surface area contributed by atoms with Crippen LogP contribution in [0.2, 0.25) is 0 Å². The number of aryl methyl sites for hydroxylation is 2. The third-order valence-electron chi connectivity index (χ3n) is 5.38. The zero-order valence-electron chi connectivity index (χ0n) is 14.4. The quantitative estimate of drug-likeness (QED) is 0.692. The minimum atomic E-state index is 0.629. The van der Waals surface area contributed by atoms with Gasteiger partial charge in [-0.05, 0) is 6.92 Å². The van der Waals surface area contributed by atoms with Crippen LogP contribution in [-0.4, -0.2) is 55.7 Å². The van der Waals surface area contributed by atoms with Crippen molar-refractivity contribution in [3.8, 4) is 0 Å². The maximum absolute atomic E-state index is 4.52. The highest BCUT2D eigenvalue weighted by atomic mass is 15.3. The van der Waals surface area contributed by atoms with Crippen molar-refractivity contribution in [3.63, 3.8) is 0 Å². The molecular formula is C17H20N8. The van der Waals surface area contributed by atoms with Crippen molar-refractivity contribution in [1.29, 1.82) is 0 Å². The molecule has 0 bridgehead atoms. The summed E-state index contributed by atoms with van der Waals surface area (Å²) >= 11 is 0. The van der Waals surface area contributed by atoms with E-state index in [1.54, 1.807) is 19.0 Å². The molecule has 128 valence electrons. The van der Waals surface area contributed by atoms with Crippen LogP contribution < -0.4 is 9.80 Å². The molecule has 0 aliphatic carbocycles. The standard InChI is InChI=1S/C17H20N8/c1-11-3-14(19-8-18-11)24-4-12-6-25(7-13(12)5-24)17-15-16(20-9-21-17)23(2)10-22-15/h3,8-10,12-13H,4-7H2,1-2H3. The normalized spacial score (nSPS) is 22.8. The van der Waals surface area contributed by atoms with Crippen molar-refractivity contribution < 1.29 is 0 Å². The number of imidazole rings is 1. The summed E-state index contributed by atoms with van der Waals surface area (Å²) in [5.74, 6) is 3.26. The van der Waals surface area contributed by atoms with Gasteiger partial charge >= 0.3 is 0 Å². The average Bonchev–Trinajstić information content (AvgIpc) is 3.28. The molecule has 0 saturated carbocycles. The topological polar surface area (TPSA) is 75.9 Å². The van der Waals surface area contributed by atoms with Gasteiger partial charge in [0.1, 0.15) is 18.5 Å². The number of hydrogen-bond acceptors (Lipinski definition) is 7. The Hall–Kier alpha value is -2.77. The summed E-state index contributed by atoms with van der Waals surface area (Å²) in [6.07, 6.45) is 5.10. The summed E-state index contributed by atoms with van der Waals surface area (Å²) < 4.78 is 1.94. The van der Waals surface area contributed by atoms with E-state index in [2.05, 4.69) is 40.8 Å². The zero-order valence-corrected chi connectivity index (χ0v) is 14.4. The van der Waals surface area contributed by atoms with Crippen molar-refractivity contribution >= 4 is 22.8 Å². The van der Waals surface area contributed by atoms with E-state index in [-0.39, 0.29) is 0 Å². The van der Waals surface area contributed by atoms with E-state index in [0.29, 0.717) is 11.8 Å². The second-order valence-corrected chi connectivity index (χ2v) is 7.07. The van der Waals surface area contributed by atoms with Crippen LogP contribution in [0, 0.1) is 18.8 Å². The Labute approximate surface area is 145 Å². The van der Waals surface area contributed by atoms with Gasteiger partial charge in [0.2, 0.25) is 0 Å². The second kappa shape index (κ2) is 5.37. The molecule has 2 saturated heterocycles. The fourth-order valence-electron chi connectivity index (χ4n) is 4.13. The molecule has 2 aliphatic heterocycles. The second-order valence-electron chi connectivity index (χ2n) is 7.07. The van der Waals surface area contributed by atoms with Crippen LogP contribution in [0.5, 0.6) is 0 Å². The number of anilines is 2. The van der Waals surface area contributed by atoms with E-state index in [9.17, 15) is 0 Å². The summed E-state index contributed by atoms with van der Waals surface area (Å²) in [5, 5.41) is 0. The van der Waals surface area contributed by atoms with Crippen LogP contribution >= 0.6 is 0 Å². The summed E-state index contributed by atoms with van der Waals surface area (Å²) in [7, 11) is 1.96. The summed E-state index contributed by atoms with van der Waals surface area (Å²) in [5.41, 5.74) is 2.80. The first-order valence-corrected chi connectivity index (χ1v) is 8.59. The average molecular weight is 336 g/mol. The first kappa shape index (κ1) is 14.6. The smallest absolute Gasteiger partial charge is 0.165 e. The molecule has 0 N–H and O–H groups in total. The highest BCUT2D eigenvalue weighted by molar-refractivity contribution is 5.83. The zero-order chi connectivity index (χ0) is 17.0. The molecule has 8 nitrogen and oxygen atoms in total. The van der Waals surface area contributed by atoms with Gasteiger partial charge < -0.3 is 14.4 Å². The van der Waals surface area contributed by atoms with Gasteiger partial charge in [-0.2, -0.15) is 0 Å². The maximum Gasteiger partial charge on any atom is 0.165 e. The summed E-state index contributed by atoms with van der Waals surface area (Å²) in [6, 6.07) is 2.07. The lowest BCUT2D eigenvalue weighted by Gasteiger charge is -2.23. The van der Waals surface area contributed by atoms with Gasteiger partial charge in [-0.25, -0.2) is 24.9 Å².